The van der Waals surface area contributed by atoms with Gasteiger partial charge in [0.2, 0.25) is 11.8 Å². The third-order valence-corrected chi connectivity index (χ3v) is 5.25. The lowest BCUT2D eigenvalue weighted by Gasteiger charge is -2.32. The van der Waals surface area contributed by atoms with Crippen LogP contribution in [-0.2, 0) is 16.0 Å². The maximum atomic E-state index is 12.5. The molecule has 3 saturated heterocycles. The van der Waals surface area contributed by atoms with Crippen LogP contribution in [0.25, 0.3) is 0 Å². The van der Waals surface area contributed by atoms with Gasteiger partial charge < -0.3 is 9.80 Å². The third-order valence-electron chi connectivity index (χ3n) is 4.88. The normalized spacial score (nSPS) is 24.5. The number of aryl methyl sites for hydroxylation is 1. The van der Waals surface area contributed by atoms with Crippen LogP contribution >= 0.6 is 11.6 Å². The first-order chi connectivity index (χ1) is 10.6. The van der Waals surface area contributed by atoms with Gasteiger partial charge in [0.25, 0.3) is 0 Å². The molecule has 0 spiro atoms. The summed E-state index contributed by atoms with van der Waals surface area (Å²) < 4.78 is 0. The van der Waals surface area contributed by atoms with E-state index in [4.69, 9.17) is 11.6 Å². The van der Waals surface area contributed by atoms with Crippen molar-refractivity contribution in [3.8, 4) is 0 Å². The molecule has 3 aliphatic heterocycles. The van der Waals surface area contributed by atoms with Crippen LogP contribution in [0.5, 0.6) is 0 Å². The molecule has 118 valence electrons. The fourth-order valence-corrected chi connectivity index (χ4v) is 3.69. The van der Waals surface area contributed by atoms with E-state index in [1.54, 1.807) is 0 Å². The number of hydrogen-bond donors (Lipinski definition) is 0. The van der Waals surface area contributed by atoms with E-state index in [1.165, 1.54) is 0 Å². The average molecular weight is 321 g/mol. The lowest BCUT2D eigenvalue weighted by Crippen LogP contribution is -2.45. The van der Waals surface area contributed by atoms with Crippen molar-refractivity contribution < 1.29 is 9.59 Å². The number of rotatable bonds is 3. The average Bonchev–Trinajstić information content (AvgIpc) is 2.80. The van der Waals surface area contributed by atoms with E-state index in [-0.39, 0.29) is 23.8 Å². The molecule has 0 unspecified atom stereocenters. The summed E-state index contributed by atoms with van der Waals surface area (Å²) in [7, 11) is 1.86. The Morgan fingerprint density at radius 2 is 2.05 bits per heavy atom. The lowest BCUT2D eigenvalue weighted by molar-refractivity contribution is -0.138. The molecule has 3 heterocycles. The van der Waals surface area contributed by atoms with Gasteiger partial charge in [-0.15, -0.1) is 0 Å². The molecule has 3 aliphatic rings. The highest BCUT2D eigenvalue weighted by molar-refractivity contribution is 6.31. The number of hydrogen-bond acceptors (Lipinski definition) is 2. The summed E-state index contributed by atoms with van der Waals surface area (Å²) in [5, 5.41) is 0.709. The van der Waals surface area contributed by atoms with Crippen LogP contribution < -0.4 is 0 Å². The zero-order valence-electron chi connectivity index (χ0n) is 12.8. The number of carbonyl (C=O) groups is 2. The Balaban J connectivity index is 1.63. The largest absolute Gasteiger partial charge is 0.341 e. The topological polar surface area (TPSA) is 40.6 Å². The molecule has 5 heteroatoms. The van der Waals surface area contributed by atoms with Crippen LogP contribution in [0.2, 0.25) is 5.02 Å². The molecule has 2 atom stereocenters. The van der Waals surface area contributed by atoms with Gasteiger partial charge in [-0.1, -0.05) is 29.8 Å². The third kappa shape index (κ3) is 2.98. The number of likely N-dealkylation sites (N-methyl/N-ethyl adjacent to an activating group) is 1. The van der Waals surface area contributed by atoms with Crippen molar-refractivity contribution in [1.29, 1.82) is 0 Å². The number of benzene rings is 1. The molecule has 0 aromatic heterocycles. The standard InChI is InChI=1S/C17H21ClN2O2/c1-19-14-8-6-13(17(19)22)10-20(11-14)16(21)9-7-12-4-2-3-5-15(12)18/h2-5,13-14H,6-11H2,1H3/t13-,14+/m1/s1. The van der Waals surface area contributed by atoms with Crippen molar-refractivity contribution in [2.75, 3.05) is 20.1 Å². The van der Waals surface area contributed by atoms with Gasteiger partial charge in [-0.25, -0.2) is 0 Å². The van der Waals surface area contributed by atoms with Gasteiger partial charge in [0.1, 0.15) is 0 Å². The van der Waals surface area contributed by atoms with E-state index < -0.39 is 0 Å². The fraction of sp³-hybridized carbons (Fsp3) is 0.529. The zero-order chi connectivity index (χ0) is 15.7. The predicted molar refractivity (Wildman–Crippen MR) is 85.6 cm³/mol. The second-order valence-corrected chi connectivity index (χ2v) is 6.67. The summed E-state index contributed by atoms with van der Waals surface area (Å²) in [6.07, 6.45) is 3.00. The molecule has 22 heavy (non-hydrogen) atoms. The maximum absolute atomic E-state index is 12.5. The van der Waals surface area contributed by atoms with E-state index in [1.807, 2.05) is 41.1 Å². The van der Waals surface area contributed by atoms with Gasteiger partial charge in [-0.05, 0) is 30.9 Å². The highest BCUT2D eigenvalue weighted by atomic mass is 35.5. The summed E-state index contributed by atoms with van der Waals surface area (Å²) in [6, 6.07) is 7.81. The van der Waals surface area contributed by atoms with Crippen molar-refractivity contribution in [2.45, 2.75) is 31.7 Å². The van der Waals surface area contributed by atoms with Crippen LogP contribution in [0, 0.1) is 5.92 Å². The fourth-order valence-electron chi connectivity index (χ4n) is 3.46. The Bertz CT molecular complexity index is 590. The highest BCUT2D eigenvalue weighted by Crippen LogP contribution is 2.28. The smallest absolute Gasteiger partial charge is 0.227 e. The lowest BCUT2D eigenvalue weighted by atomic mass is 9.95. The molecule has 0 aliphatic carbocycles. The van der Waals surface area contributed by atoms with Crippen molar-refractivity contribution in [3.63, 3.8) is 0 Å². The summed E-state index contributed by atoms with van der Waals surface area (Å²) in [5.41, 5.74) is 1.00. The minimum atomic E-state index is -0.0204. The summed E-state index contributed by atoms with van der Waals surface area (Å²) in [6.45, 7) is 1.24. The first-order valence-electron chi connectivity index (χ1n) is 7.84. The molecule has 4 nitrogen and oxygen atoms in total. The van der Waals surface area contributed by atoms with Crippen molar-refractivity contribution >= 4 is 23.4 Å². The van der Waals surface area contributed by atoms with Gasteiger partial charge >= 0.3 is 0 Å². The summed E-state index contributed by atoms with van der Waals surface area (Å²) in [4.78, 5) is 28.4. The van der Waals surface area contributed by atoms with Crippen molar-refractivity contribution in [2.24, 2.45) is 5.92 Å². The minimum Gasteiger partial charge on any atom is -0.341 e. The highest BCUT2D eigenvalue weighted by Gasteiger charge is 2.39. The molecule has 1 aromatic carbocycles. The zero-order valence-corrected chi connectivity index (χ0v) is 13.6. The van der Waals surface area contributed by atoms with E-state index in [0.29, 0.717) is 31.0 Å². The molecule has 4 rings (SSSR count). The van der Waals surface area contributed by atoms with Crippen LogP contribution in [0.1, 0.15) is 24.8 Å². The number of piperidine rings is 1. The first kappa shape index (κ1) is 15.3. The van der Waals surface area contributed by atoms with Gasteiger partial charge in [0.05, 0.1) is 5.92 Å². The van der Waals surface area contributed by atoms with Gasteiger partial charge in [0, 0.05) is 37.6 Å². The molecule has 0 radical (unpaired) electrons. The van der Waals surface area contributed by atoms with E-state index in [9.17, 15) is 9.59 Å². The Labute approximate surface area is 136 Å². The van der Waals surface area contributed by atoms with E-state index >= 15 is 0 Å². The number of fused-ring (bicyclic) bond motifs is 4. The van der Waals surface area contributed by atoms with Crippen molar-refractivity contribution in [1.82, 2.24) is 9.80 Å². The maximum Gasteiger partial charge on any atom is 0.227 e. The first-order valence-corrected chi connectivity index (χ1v) is 8.22. The predicted octanol–water partition coefficient (Wildman–Crippen LogP) is 2.35. The quantitative estimate of drug-likeness (QED) is 0.858. The summed E-state index contributed by atoms with van der Waals surface area (Å²) >= 11 is 6.14. The SMILES string of the molecule is CN1C(=O)[C@@H]2CC[C@H]1CN(C(=O)CCc1ccccc1Cl)C2. The summed E-state index contributed by atoms with van der Waals surface area (Å²) in [5.74, 6) is 0.297. The Morgan fingerprint density at radius 3 is 2.82 bits per heavy atom. The number of carbonyl (C=O) groups excluding carboxylic acids is 2. The van der Waals surface area contributed by atoms with Gasteiger partial charge in [-0.3, -0.25) is 9.59 Å². The van der Waals surface area contributed by atoms with Gasteiger partial charge in [0.15, 0.2) is 0 Å². The second-order valence-electron chi connectivity index (χ2n) is 6.27. The van der Waals surface area contributed by atoms with Crippen LogP contribution in [-0.4, -0.2) is 47.8 Å². The minimum absolute atomic E-state index is 0.0204. The molecule has 2 amide bonds. The van der Waals surface area contributed by atoms with Crippen LogP contribution in [0.15, 0.2) is 24.3 Å². The molecule has 0 N–H and O–H groups in total. The molecule has 2 bridgehead atoms. The van der Waals surface area contributed by atoms with E-state index in [2.05, 4.69) is 0 Å². The molecule has 3 fully saturated rings. The Morgan fingerprint density at radius 1 is 1.27 bits per heavy atom. The van der Waals surface area contributed by atoms with E-state index in [0.717, 1.165) is 18.4 Å². The Kier molecular flexibility index (Phi) is 4.39. The van der Waals surface area contributed by atoms with Crippen LogP contribution in [0.3, 0.4) is 0 Å². The monoisotopic (exact) mass is 320 g/mol. The van der Waals surface area contributed by atoms with Crippen molar-refractivity contribution in [3.05, 3.63) is 34.9 Å². The molecular weight excluding hydrogens is 300 g/mol. The van der Waals surface area contributed by atoms with Crippen LogP contribution in [0.4, 0.5) is 0 Å². The number of nitrogens with zero attached hydrogens (tertiary/aromatic N) is 2. The second kappa shape index (κ2) is 6.29. The molecular formula is C17H21ClN2O2. The number of halogens is 1. The van der Waals surface area contributed by atoms with Gasteiger partial charge in [-0.2, -0.15) is 0 Å². The Hall–Kier alpha value is -1.55. The number of amides is 2. The molecule has 0 saturated carbocycles. The molecule has 1 aromatic rings.